The Hall–Kier alpha value is -5.22. The number of nitrogens with zero attached hydrogens (tertiary/aromatic N) is 3. The molecule has 2 unspecified atom stereocenters. The molecular weight excluding hydrogens is 725 g/mol. The van der Waals surface area contributed by atoms with Gasteiger partial charge in [0.15, 0.2) is 0 Å². The molecule has 0 spiro atoms. The van der Waals surface area contributed by atoms with Crippen molar-refractivity contribution in [3.8, 4) is 5.69 Å². The molecule has 4 heterocycles. The molecule has 0 radical (unpaired) electrons. The van der Waals surface area contributed by atoms with E-state index in [0.29, 0.717) is 0 Å². The van der Waals surface area contributed by atoms with Crippen LogP contribution in [0.15, 0.2) is 115 Å². The van der Waals surface area contributed by atoms with Gasteiger partial charge in [0.1, 0.15) is 0 Å². The largest absolute Gasteiger partial charge is 0.335 e. The number of hydrogen-bond acceptors (Lipinski definition) is 2. The van der Waals surface area contributed by atoms with Crippen LogP contribution in [-0.2, 0) is 21.7 Å². The third-order valence-corrected chi connectivity index (χ3v) is 15.5. The van der Waals surface area contributed by atoms with Crippen molar-refractivity contribution < 1.29 is 0 Å². The summed E-state index contributed by atoms with van der Waals surface area (Å²) < 4.78 is 2.68. The Labute approximate surface area is 358 Å². The highest BCUT2D eigenvalue weighted by atomic mass is 15.3. The molecule has 0 N–H and O–H groups in total. The molecule has 60 heavy (non-hydrogen) atoms. The van der Waals surface area contributed by atoms with E-state index in [1.807, 2.05) is 0 Å². The van der Waals surface area contributed by atoms with Gasteiger partial charge in [-0.15, -0.1) is 0 Å². The zero-order valence-corrected chi connectivity index (χ0v) is 37.7. The smallest absolute Gasteiger partial charge is 0.252 e. The van der Waals surface area contributed by atoms with Crippen molar-refractivity contribution in [2.45, 2.75) is 129 Å². The molecule has 7 aromatic rings. The summed E-state index contributed by atoms with van der Waals surface area (Å²) in [6.45, 7) is 26.8. The molecule has 3 nitrogen and oxygen atoms in total. The quantitative estimate of drug-likeness (QED) is 0.165. The van der Waals surface area contributed by atoms with Crippen molar-refractivity contribution in [3.63, 3.8) is 0 Å². The molecule has 4 aliphatic rings. The number of hydrogen-bond donors (Lipinski definition) is 0. The lowest BCUT2D eigenvalue weighted by atomic mass is 9.33. The van der Waals surface area contributed by atoms with Crippen molar-refractivity contribution in [2.24, 2.45) is 0 Å². The highest BCUT2D eigenvalue weighted by Crippen LogP contribution is 2.62. The van der Waals surface area contributed by atoms with Gasteiger partial charge < -0.3 is 14.4 Å². The second-order valence-corrected chi connectivity index (χ2v) is 22.2. The fraction of sp³-hybridized carbons (Fsp3) is 0.357. The molecule has 1 saturated carbocycles. The molecule has 302 valence electrons. The summed E-state index contributed by atoms with van der Waals surface area (Å²) in [7, 11) is 0. The topological polar surface area (TPSA) is 11.4 Å². The number of fused-ring (bicyclic) bond motifs is 10. The van der Waals surface area contributed by atoms with E-state index in [1.54, 1.807) is 5.56 Å². The zero-order valence-electron chi connectivity index (χ0n) is 37.7. The van der Waals surface area contributed by atoms with Gasteiger partial charge >= 0.3 is 0 Å². The van der Waals surface area contributed by atoms with Crippen LogP contribution in [0, 0.1) is 0 Å². The van der Waals surface area contributed by atoms with Crippen molar-refractivity contribution in [3.05, 3.63) is 138 Å². The molecule has 1 aromatic heterocycles. The van der Waals surface area contributed by atoms with Gasteiger partial charge in [-0.2, -0.15) is 0 Å². The predicted octanol–water partition coefficient (Wildman–Crippen LogP) is 13.0. The van der Waals surface area contributed by atoms with Gasteiger partial charge in [-0.05, 0) is 129 Å². The van der Waals surface area contributed by atoms with Crippen LogP contribution in [0.3, 0.4) is 0 Å². The van der Waals surface area contributed by atoms with E-state index in [9.17, 15) is 0 Å². The van der Waals surface area contributed by atoms with Crippen LogP contribution in [0.5, 0.6) is 0 Å². The fourth-order valence-electron chi connectivity index (χ4n) is 11.9. The Morgan fingerprint density at radius 2 is 1.12 bits per heavy atom. The molecule has 1 fully saturated rings. The van der Waals surface area contributed by atoms with Crippen molar-refractivity contribution in [1.29, 1.82) is 0 Å². The molecule has 0 saturated heterocycles. The predicted molar refractivity (Wildman–Crippen MR) is 259 cm³/mol. The SMILES string of the molecule is CC(C)(C)c1cc2c3c(c1)C1(C)CCCCC1(C)N3c1cc(N(c3ccccc3)c3ccccc3)cc3c1B2c1cc(C(C)(C)C)cc2c4cc(C(C)(C)C)ccc4n-3c12. The fourth-order valence-corrected chi connectivity index (χ4v) is 11.9. The van der Waals surface area contributed by atoms with E-state index >= 15 is 0 Å². The van der Waals surface area contributed by atoms with Crippen molar-refractivity contribution in [1.82, 2.24) is 4.57 Å². The molecule has 11 rings (SSSR count). The highest BCUT2D eigenvalue weighted by molar-refractivity contribution is 7.00. The van der Waals surface area contributed by atoms with Gasteiger partial charge in [-0.25, -0.2) is 0 Å². The van der Waals surface area contributed by atoms with Gasteiger partial charge in [0.25, 0.3) is 6.71 Å². The minimum absolute atomic E-state index is 0.00864. The summed E-state index contributed by atoms with van der Waals surface area (Å²) in [5, 5.41) is 2.73. The number of anilines is 5. The Morgan fingerprint density at radius 3 is 1.75 bits per heavy atom. The number of aromatic nitrogens is 1. The maximum Gasteiger partial charge on any atom is 0.252 e. The Kier molecular flexibility index (Phi) is 7.68. The maximum atomic E-state index is 2.90. The van der Waals surface area contributed by atoms with Crippen LogP contribution < -0.4 is 26.2 Å². The first-order chi connectivity index (χ1) is 28.4. The molecular formula is C56H60BN3. The van der Waals surface area contributed by atoms with E-state index in [0.717, 1.165) is 11.4 Å². The second-order valence-electron chi connectivity index (χ2n) is 22.2. The maximum absolute atomic E-state index is 2.90. The van der Waals surface area contributed by atoms with Gasteiger partial charge in [0.2, 0.25) is 0 Å². The lowest BCUT2D eigenvalue weighted by Crippen LogP contribution is -2.64. The Bertz CT molecular complexity index is 2880. The number of para-hydroxylation sites is 2. The summed E-state index contributed by atoms with van der Waals surface area (Å²) >= 11 is 0. The summed E-state index contributed by atoms with van der Waals surface area (Å²) in [5.74, 6) is 0. The van der Waals surface area contributed by atoms with Gasteiger partial charge in [-0.1, -0.05) is 143 Å². The first-order valence-electron chi connectivity index (χ1n) is 22.6. The molecule has 0 amide bonds. The van der Waals surface area contributed by atoms with E-state index in [1.165, 1.54) is 103 Å². The summed E-state index contributed by atoms with van der Waals surface area (Å²) in [6.07, 6.45) is 4.90. The summed E-state index contributed by atoms with van der Waals surface area (Å²) in [4.78, 5) is 5.39. The lowest BCUT2D eigenvalue weighted by molar-refractivity contribution is 0.195. The molecule has 4 heteroatoms. The van der Waals surface area contributed by atoms with E-state index in [-0.39, 0.29) is 33.9 Å². The van der Waals surface area contributed by atoms with Crippen LogP contribution in [0.1, 0.15) is 124 Å². The monoisotopic (exact) mass is 785 g/mol. The van der Waals surface area contributed by atoms with E-state index < -0.39 is 0 Å². The number of benzene rings is 6. The van der Waals surface area contributed by atoms with Crippen LogP contribution in [-0.4, -0.2) is 16.8 Å². The van der Waals surface area contributed by atoms with Crippen LogP contribution in [0.4, 0.5) is 28.4 Å². The molecule has 3 aliphatic heterocycles. The minimum Gasteiger partial charge on any atom is -0.335 e. The minimum atomic E-state index is -0.0796. The average Bonchev–Trinajstić information content (AvgIpc) is 3.64. The third-order valence-electron chi connectivity index (χ3n) is 15.5. The Balaban J connectivity index is 1.35. The van der Waals surface area contributed by atoms with Crippen LogP contribution in [0.2, 0.25) is 0 Å². The zero-order chi connectivity index (χ0) is 41.9. The third kappa shape index (κ3) is 5.03. The molecule has 2 atom stereocenters. The van der Waals surface area contributed by atoms with Crippen molar-refractivity contribution in [2.75, 3.05) is 9.80 Å². The van der Waals surface area contributed by atoms with Gasteiger partial charge in [0, 0.05) is 50.1 Å². The lowest BCUT2D eigenvalue weighted by Gasteiger charge is -2.52. The standard InChI is InChI=1S/C56H60BN3/c1-52(2,3)35-24-25-46-41(28-35)42-29-36(53(4,5)6)31-44-50(42)59(46)47-33-40(58(38-20-14-12-15-21-38)39-22-16-13-17-23-39)34-48-49(47)57(44)45-32-37(54(7,8)9)30-43-51(45)60(48)56(11)27-19-18-26-55(43,56)10/h12-17,20-25,28-34H,18-19,26-27H2,1-11H3. The second kappa shape index (κ2) is 12.2. The summed E-state index contributed by atoms with van der Waals surface area (Å²) in [6, 6.07) is 44.9. The van der Waals surface area contributed by atoms with E-state index in [2.05, 4.69) is 206 Å². The van der Waals surface area contributed by atoms with Crippen LogP contribution >= 0.6 is 0 Å². The number of rotatable bonds is 3. The van der Waals surface area contributed by atoms with Crippen LogP contribution in [0.25, 0.3) is 27.5 Å². The molecule has 6 aromatic carbocycles. The first-order valence-corrected chi connectivity index (χ1v) is 22.6. The first kappa shape index (κ1) is 37.8. The van der Waals surface area contributed by atoms with Gasteiger partial charge in [0.05, 0.1) is 16.7 Å². The molecule has 1 aliphatic carbocycles. The average molecular weight is 786 g/mol. The summed E-state index contributed by atoms with van der Waals surface area (Å²) in [5.41, 5.74) is 20.5. The normalized spacial score (nSPS) is 20.4. The van der Waals surface area contributed by atoms with Crippen molar-refractivity contribution >= 4 is 73.3 Å². The highest BCUT2D eigenvalue weighted by Gasteiger charge is 2.61. The molecule has 0 bridgehead atoms. The van der Waals surface area contributed by atoms with E-state index in [4.69, 9.17) is 0 Å². The Morgan fingerprint density at radius 1 is 0.550 bits per heavy atom. The van der Waals surface area contributed by atoms with Gasteiger partial charge in [-0.3, -0.25) is 0 Å².